The van der Waals surface area contributed by atoms with Crippen LogP contribution in [0.2, 0.25) is 0 Å². The Morgan fingerprint density at radius 1 is 0.425 bits per heavy atom. The minimum absolute atomic E-state index is 0.914. The van der Waals surface area contributed by atoms with E-state index in [2.05, 4.69) is 144 Å². The van der Waals surface area contributed by atoms with E-state index in [0.717, 1.165) is 27.8 Å². The third kappa shape index (κ3) is 2.93. The Labute approximate surface area is 230 Å². The molecule has 9 rings (SSSR count). The lowest BCUT2D eigenvalue weighted by atomic mass is 9.91. The maximum absolute atomic E-state index is 6.49. The van der Waals surface area contributed by atoms with Crippen molar-refractivity contribution in [1.29, 1.82) is 0 Å². The van der Waals surface area contributed by atoms with Gasteiger partial charge in [0.15, 0.2) is 0 Å². The Hall–Kier alpha value is -5.34. The molecule has 7 aromatic carbocycles. The Bertz CT molecular complexity index is 2360. The van der Waals surface area contributed by atoms with Crippen molar-refractivity contribution in [2.45, 2.75) is 0 Å². The highest BCUT2D eigenvalue weighted by Gasteiger charge is 2.22. The average molecular weight is 510 g/mol. The van der Waals surface area contributed by atoms with E-state index in [-0.39, 0.29) is 0 Å². The largest absolute Gasteiger partial charge is 0.456 e. The van der Waals surface area contributed by atoms with Gasteiger partial charge in [-0.1, -0.05) is 97.1 Å². The van der Waals surface area contributed by atoms with Crippen LogP contribution < -0.4 is 0 Å². The van der Waals surface area contributed by atoms with Gasteiger partial charge in [-0.25, -0.2) is 0 Å². The summed E-state index contributed by atoms with van der Waals surface area (Å²) in [6, 6.07) is 50.1. The normalized spacial score (nSPS) is 12.0. The van der Waals surface area contributed by atoms with Crippen LogP contribution in [0.1, 0.15) is 0 Å². The highest BCUT2D eigenvalue weighted by molar-refractivity contribution is 6.34. The first-order valence-corrected chi connectivity index (χ1v) is 13.7. The molecule has 0 radical (unpaired) electrons. The molecule has 186 valence electrons. The second-order valence-electron chi connectivity index (χ2n) is 10.5. The van der Waals surface area contributed by atoms with E-state index in [1.165, 1.54) is 54.7 Å². The summed E-state index contributed by atoms with van der Waals surface area (Å²) in [7, 11) is 0. The summed E-state index contributed by atoms with van der Waals surface area (Å²) in [4.78, 5) is 0. The third-order valence-corrected chi connectivity index (χ3v) is 8.33. The molecule has 0 saturated carbocycles. The van der Waals surface area contributed by atoms with Gasteiger partial charge in [0, 0.05) is 21.8 Å². The van der Waals surface area contributed by atoms with Crippen LogP contribution in [0.25, 0.3) is 82.5 Å². The average Bonchev–Trinajstić information content (AvgIpc) is 3.35. The van der Waals surface area contributed by atoms with Crippen LogP contribution in [0, 0.1) is 0 Å². The lowest BCUT2D eigenvalue weighted by molar-refractivity contribution is 0.669. The molecule has 0 fully saturated rings. The first-order chi connectivity index (χ1) is 19.8. The third-order valence-electron chi connectivity index (χ3n) is 8.33. The molecule has 9 aromatic rings. The molecule has 2 aromatic heterocycles. The highest BCUT2D eigenvalue weighted by atomic mass is 16.3. The first-order valence-electron chi connectivity index (χ1n) is 13.7. The summed E-state index contributed by atoms with van der Waals surface area (Å²) in [5.41, 5.74) is 10.2. The molecule has 2 heterocycles. The summed E-state index contributed by atoms with van der Waals surface area (Å²) >= 11 is 0. The zero-order chi connectivity index (χ0) is 26.2. The molecule has 0 aliphatic carbocycles. The summed E-state index contributed by atoms with van der Waals surface area (Å²) in [6.45, 7) is 0. The molecule has 0 N–H and O–H groups in total. The minimum Gasteiger partial charge on any atom is -0.456 e. The number of rotatable bonds is 3. The molecule has 0 saturated heterocycles. The highest BCUT2D eigenvalue weighted by Crippen LogP contribution is 2.46. The SMILES string of the molecule is c1ccc(-c2cccc(-n3c4cccc5oc6ccc7cc(-c8ccccc8)c8cccc3c8c7c6c54)c2)cc1. The first kappa shape index (κ1) is 21.6. The fourth-order valence-corrected chi connectivity index (χ4v) is 6.65. The summed E-state index contributed by atoms with van der Waals surface area (Å²) in [5, 5.41) is 7.35. The fourth-order valence-electron chi connectivity index (χ4n) is 6.65. The number of hydrogen-bond acceptors (Lipinski definition) is 1. The quantitative estimate of drug-likeness (QED) is 0.217. The Balaban J connectivity index is 1.53. The number of nitrogens with zero attached hydrogens (tertiary/aromatic N) is 1. The van der Waals surface area contributed by atoms with Gasteiger partial charge >= 0.3 is 0 Å². The predicted molar refractivity (Wildman–Crippen MR) is 168 cm³/mol. The Morgan fingerprint density at radius 3 is 1.93 bits per heavy atom. The monoisotopic (exact) mass is 509 g/mol. The van der Waals surface area contributed by atoms with Crippen LogP contribution in [0.5, 0.6) is 0 Å². The zero-order valence-corrected chi connectivity index (χ0v) is 21.6. The molecule has 0 aliphatic rings. The molecule has 2 heteroatoms. The topological polar surface area (TPSA) is 18.1 Å². The van der Waals surface area contributed by atoms with Crippen molar-refractivity contribution in [3.05, 3.63) is 140 Å². The van der Waals surface area contributed by atoms with Crippen LogP contribution in [-0.2, 0) is 0 Å². The standard InChI is InChI=1S/C38H23NO/c1-3-10-24(11-4-1)26-14-7-15-28(22-26)39-31-17-8-16-29-30(25-12-5-2-6-13-25)23-27-20-21-34-38(35(27)36(29)31)37-32(39)18-9-19-33(37)40-34/h1-23H. The number of hydrogen-bond donors (Lipinski definition) is 0. The molecule has 0 spiro atoms. The number of furan rings is 1. The molecule has 0 unspecified atom stereocenters. The second-order valence-corrected chi connectivity index (χ2v) is 10.5. The molecular weight excluding hydrogens is 486 g/mol. The minimum atomic E-state index is 0.914. The van der Waals surface area contributed by atoms with Crippen molar-refractivity contribution in [1.82, 2.24) is 4.57 Å². The van der Waals surface area contributed by atoms with Crippen molar-refractivity contribution in [2.75, 3.05) is 0 Å². The Kier molecular flexibility index (Phi) is 4.36. The molecule has 0 aliphatic heterocycles. The van der Waals surface area contributed by atoms with Crippen molar-refractivity contribution >= 4 is 54.5 Å². The Morgan fingerprint density at radius 2 is 1.10 bits per heavy atom. The maximum Gasteiger partial charge on any atom is 0.137 e. The lowest BCUT2D eigenvalue weighted by Gasteiger charge is -2.16. The van der Waals surface area contributed by atoms with E-state index in [0.29, 0.717) is 0 Å². The van der Waals surface area contributed by atoms with Crippen molar-refractivity contribution in [3.8, 4) is 27.9 Å². The van der Waals surface area contributed by atoms with Crippen molar-refractivity contribution in [3.63, 3.8) is 0 Å². The summed E-state index contributed by atoms with van der Waals surface area (Å²) in [6.07, 6.45) is 0. The van der Waals surface area contributed by atoms with Crippen LogP contribution in [0.15, 0.2) is 144 Å². The number of aromatic nitrogens is 1. The summed E-state index contributed by atoms with van der Waals surface area (Å²) in [5.74, 6) is 0. The van der Waals surface area contributed by atoms with Gasteiger partial charge in [0.2, 0.25) is 0 Å². The molecule has 2 nitrogen and oxygen atoms in total. The van der Waals surface area contributed by atoms with Gasteiger partial charge in [-0.3, -0.25) is 0 Å². The van der Waals surface area contributed by atoms with E-state index in [1.807, 2.05) is 0 Å². The van der Waals surface area contributed by atoms with Crippen LogP contribution in [0.4, 0.5) is 0 Å². The molecule has 0 bridgehead atoms. The van der Waals surface area contributed by atoms with Gasteiger partial charge in [0.05, 0.1) is 16.4 Å². The van der Waals surface area contributed by atoms with E-state index in [4.69, 9.17) is 4.42 Å². The van der Waals surface area contributed by atoms with Crippen molar-refractivity contribution < 1.29 is 4.42 Å². The van der Waals surface area contributed by atoms with E-state index in [1.54, 1.807) is 0 Å². The smallest absolute Gasteiger partial charge is 0.137 e. The molecule has 0 atom stereocenters. The number of benzene rings is 7. The van der Waals surface area contributed by atoms with Gasteiger partial charge in [0.25, 0.3) is 0 Å². The van der Waals surface area contributed by atoms with Gasteiger partial charge in [0.1, 0.15) is 11.2 Å². The predicted octanol–water partition coefficient (Wildman–Crippen LogP) is 10.6. The van der Waals surface area contributed by atoms with Gasteiger partial charge in [-0.2, -0.15) is 0 Å². The van der Waals surface area contributed by atoms with Crippen LogP contribution >= 0.6 is 0 Å². The molecule has 0 amide bonds. The molecule has 40 heavy (non-hydrogen) atoms. The van der Waals surface area contributed by atoms with Gasteiger partial charge in [-0.15, -0.1) is 0 Å². The van der Waals surface area contributed by atoms with Crippen LogP contribution in [-0.4, -0.2) is 4.57 Å². The zero-order valence-electron chi connectivity index (χ0n) is 21.6. The molecular formula is C38H23NO. The summed E-state index contributed by atoms with van der Waals surface area (Å²) < 4.78 is 8.92. The van der Waals surface area contributed by atoms with E-state index < -0.39 is 0 Å². The fraction of sp³-hybridized carbons (Fsp3) is 0. The lowest BCUT2D eigenvalue weighted by Crippen LogP contribution is -1.98. The maximum atomic E-state index is 6.49. The van der Waals surface area contributed by atoms with Gasteiger partial charge < -0.3 is 8.98 Å². The van der Waals surface area contributed by atoms with E-state index in [9.17, 15) is 0 Å². The van der Waals surface area contributed by atoms with Crippen molar-refractivity contribution in [2.24, 2.45) is 0 Å². The second kappa shape index (κ2) is 8.08. The van der Waals surface area contributed by atoms with Crippen LogP contribution in [0.3, 0.4) is 0 Å². The van der Waals surface area contributed by atoms with E-state index >= 15 is 0 Å². The van der Waals surface area contributed by atoms with Gasteiger partial charge in [-0.05, 0) is 75.5 Å².